The van der Waals surface area contributed by atoms with E-state index in [0.717, 1.165) is 58.0 Å². The van der Waals surface area contributed by atoms with E-state index in [4.69, 9.17) is 15.6 Å². The summed E-state index contributed by atoms with van der Waals surface area (Å²) in [5.41, 5.74) is 4.78. The average molecular weight is 482 g/mol. The molecule has 3 aromatic rings. The van der Waals surface area contributed by atoms with Crippen molar-refractivity contribution >= 4 is 28.9 Å². The van der Waals surface area contributed by atoms with Crippen LogP contribution in [0.1, 0.15) is 24.1 Å². The number of nitrogens with two attached hydrogens (primary N) is 1. The molecule has 3 N–H and O–H groups in total. The summed E-state index contributed by atoms with van der Waals surface area (Å²) in [5.74, 6) is 8.80. The van der Waals surface area contributed by atoms with Gasteiger partial charge in [0.25, 0.3) is 5.84 Å². The van der Waals surface area contributed by atoms with Crippen molar-refractivity contribution in [1.82, 2.24) is 9.88 Å². The highest BCUT2D eigenvalue weighted by molar-refractivity contribution is 6.02. The molecule has 1 aromatic heterocycles. The molecule has 8 nitrogen and oxygen atoms in total. The Kier molecular flexibility index (Phi) is 5.55. The predicted molar refractivity (Wildman–Crippen MR) is 140 cm³/mol. The molecule has 4 heterocycles. The van der Waals surface area contributed by atoms with Crippen LogP contribution in [0.15, 0.2) is 88.4 Å². The molecule has 8 heteroatoms. The molecule has 0 radical (unpaired) electrons. The number of benzene rings is 2. The number of H-pyrrole nitrogens is 1. The fourth-order valence-electron chi connectivity index (χ4n) is 5.35. The maximum Gasteiger partial charge on any atom is 0.281 e. The van der Waals surface area contributed by atoms with E-state index in [1.807, 2.05) is 53.7 Å². The number of nitrogens with zero attached hydrogens (tertiary/aromatic N) is 4. The fraction of sp³-hybridized carbons (Fsp3) is 0.250. The number of methoxy groups -OCH3 is 1. The third-order valence-corrected chi connectivity index (χ3v) is 7.32. The van der Waals surface area contributed by atoms with Crippen molar-refractivity contribution in [2.45, 2.75) is 19.3 Å². The first-order valence-electron chi connectivity index (χ1n) is 12.3. The largest absolute Gasteiger partial charge is 0.497 e. The van der Waals surface area contributed by atoms with Crippen LogP contribution >= 0.6 is 0 Å². The molecule has 3 aliphatic heterocycles. The number of hydrogen-bond acceptors (Lipinski definition) is 5. The topological polar surface area (TPSA) is 96.1 Å². The number of nitrogens with one attached hydrogen (secondary N) is 1. The third-order valence-electron chi connectivity index (χ3n) is 7.32. The monoisotopic (exact) mass is 481 g/mol. The van der Waals surface area contributed by atoms with Crippen LogP contribution in [0, 0.1) is 5.92 Å². The van der Waals surface area contributed by atoms with Crippen LogP contribution in [-0.4, -0.2) is 52.6 Å². The number of quaternary nitrogens is 1. The number of aliphatic imine (C=N–C) groups is 2. The van der Waals surface area contributed by atoms with E-state index in [2.05, 4.69) is 28.2 Å². The van der Waals surface area contributed by atoms with Crippen molar-refractivity contribution in [3.63, 3.8) is 0 Å². The number of rotatable bonds is 5. The quantitative estimate of drug-likeness (QED) is 0.428. The molecular formula is C28H29N6O2+. The van der Waals surface area contributed by atoms with E-state index in [1.165, 1.54) is 0 Å². The standard InChI is InChI=1S/C28H29N6O2/c1-36-22-7-4-5-19(15-22)16-26(35)33-12-9-20(10-13-33)27-25-18-30-11-14-34(25,29)28(32-27)24-17-21-6-2-3-8-23(21)31-24/h2-8,11,14-15,17-18,20,31H,9-10,12-13,16,29H2,1H3/q+1. The number of amidine groups is 1. The first-order chi connectivity index (χ1) is 17.5. The molecule has 0 spiro atoms. The SMILES string of the molecule is COc1cccc(CC(=O)N2CCC(C3=C4C=NC=C[N+]4(N)C(c4cc5ccccc5[nH]4)=N3)CC2)c1. The molecular weight excluding hydrogens is 452 g/mol. The van der Waals surface area contributed by atoms with E-state index in [9.17, 15) is 4.79 Å². The van der Waals surface area contributed by atoms with Crippen molar-refractivity contribution in [2.75, 3.05) is 20.2 Å². The van der Waals surface area contributed by atoms with Crippen LogP contribution in [0.4, 0.5) is 0 Å². The zero-order valence-electron chi connectivity index (χ0n) is 20.2. The Balaban J connectivity index is 1.21. The normalized spacial score (nSPS) is 21.7. The average Bonchev–Trinajstić information content (AvgIpc) is 3.47. The van der Waals surface area contributed by atoms with Gasteiger partial charge in [-0.15, -0.1) is 4.59 Å². The summed E-state index contributed by atoms with van der Waals surface area (Å²) in [6.45, 7) is 1.39. The van der Waals surface area contributed by atoms with Gasteiger partial charge in [0.15, 0.2) is 0 Å². The number of carbonyl (C=O) groups is 1. The number of aromatic amines is 1. The van der Waals surface area contributed by atoms with E-state index in [1.54, 1.807) is 13.3 Å². The molecule has 0 saturated carbocycles. The molecule has 0 bridgehead atoms. The highest BCUT2D eigenvalue weighted by Crippen LogP contribution is 2.38. The second-order valence-electron chi connectivity index (χ2n) is 9.51. The lowest BCUT2D eigenvalue weighted by molar-refractivity contribution is -0.750. The second kappa shape index (κ2) is 8.89. The molecule has 3 aliphatic rings. The molecule has 1 atom stereocenters. The highest BCUT2D eigenvalue weighted by atomic mass is 16.5. The molecule has 1 fully saturated rings. The molecule has 182 valence electrons. The van der Waals surface area contributed by atoms with Crippen LogP contribution in [-0.2, 0) is 11.2 Å². The number of fused-ring (bicyclic) bond motifs is 2. The summed E-state index contributed by atoms with van der Waals surface area (Å²) in [6, 6.07) is 18.0. The lowest BCUT2D eigenvalue weighted by Gasteiger charge is -2.32. The first kappa shape index (κ1) is 22.5. The lowest BCUT2D eigenvalue weighted by atomic mass is 9.92. The van der Waals surface area contributed by atoms with Crippen LogP contribution in [0.3, 0.4) is 0 Å². The van der Waals surface area contributed by atoms with Crippen LogP contribution < -0.4 is 10.6 Å². The van der Waals surface area contributed by atoms with Gasteiger partial charge in [0, 0.05) is 29.9 Å². The number of carbonyl (C=O) groups excluding carboxylic acids is 1. The Morgan fingerprint density at radius 1 is 1.17 bits per heavy atom. The smallest absolute Gasteiger partial charge is 0.281 e. The van der Waals surface area contributed by atoms with Crippen molar-refractivity contribution in [1.29, 1.82) is 0 Å². The molecule has 0 aliphatic carbocycles. The lowest BCUT2D eigenvalue weighted by Crippen LogP contribution is -2.53. The number of hydrogen-bond donors (Lipinski definition) is 2. The summed E-state index contributed by atoms with van der Waals surface area (Å²) in [4.78, 5) is 27.9. The zero-order valence-corrected chi connectivity index (χ0v) is 20.2. The van der Waals surface area contributed by atoms with E-state index >= 15 is 0 Å². The molecule has 2 aromatic carbocycles. The Morgan fingerprint density at radius 3 is 2.81 bits per heavy atom. The number of allylic oxidation sites excluding steroid dienone is 2. The van der Waals surface area contributed by atoms with Crippen molar-refractivity contribution in [3.8, 4) is 5.75 Å². The molecule has 1 amide bonds. The maximum absolute atomic E-state index is 13.0. The fourth-order valence-corrected chi connectivity index (χ4v) is 5.35. The number of piperidine rings is 1. The number of amides is 1. The van der Waals surface area contributed by atoms with Crippen LogP contribution in [0.25, 0.3) is 10.9 Å². The van der Waals surface area contributed by atoms with Crippen LogP contribution in [0.5, 0.6) is 5.75 Å². The first-order valence-corrected chi connectivity index (χ1v) is 12.3. The summed E-state index contributed by atoms with van der Waals surface area (Å²) in [5, 5.41) is 1.12. The predicted octanol–water partition coefficient (Wildman–Crippen LogP) is 3.88. The van der Waals surface area contributed by atoms with Gasteiger partial charge in [-0.2, -0.15) is 10.8 Å². The molecule has 1 saturated heterocycles. The van der Waals surface area contributed by atoms with Crippen molar-refractivity contribution in [3.05, 3.63) is 89.6 Å². The van der Waals surface area contributed by atoms with Crippen molar-refractivity contribution in [2.24, 2.45) is 21.7 Å². The van der Waals surface area contributed by atoms with E-state index in [-0.39, 0.29) is 16.4 Å². The van der Waals surface area contributed by atoms with Gasteiger partial charge < -0.3 is 14.6 Å². The number of likely N-dealkylation sites (tertiary alicyclic amines) is 1. The molecule has 6 rings (SSSR count). The van der Waals surface area contributed by atoms with Gasteiger partial charge in [0.05, 0.1) is 25.9 Å². The van der Waals surface area contributed by atoms with Gasteiger partial charge in [-0.25, -0.2) is 0 Å². The summed E-state index contributed by atoms with van der Waals surface area (Å²) in [7, 11) is 1.64. The number of aromatic nitrogens is 1. The van der Waals surface area contributed by atoms with Gasteiger partial charge in [0.2, 0.25) is 11.6 Å². The minimum Gasteiger partial charge on any atom is -0.497 e. The van der Waals surface area contributed by atoms with E-state index < -0.39 is 0 Å². The van der Waals surface area contributed by atoms with Gasteiger partial charge in [0.1, 0.15) is 23.3 Å². The zero-order chi connectivity index (χ0) is 24.7. The Bertz CT molecular complexity index is 1420. The number of ether oxygens (including phenoxy) is 1. The number of para-hydroxylation sites is 1. The van der Waals surface area contributed by atoms with E-state index in [0.29, 0.717) is 19.5 Å². The van der Waals surface area contributed by atoms with Gasteiger partial charge in [-0.1, -0.05) is 30.3 Å². The summed E-state index contributed by atoms with van der Waals surface area (Å²) in [6.07, 6.45) is 7.48. The summed E-state index contributed by atoms with van der Waals surface area (Å²) < 4.78 is 5.29. The van der Waals surface area contributed by atoms with Gasteiger partial charge in [-0.3, -0.25) is 9.79 Å². The minimum absolute atomic E-state index is 0.000635. The molecule has 1 unspecified atom stereocenters. The highest BCUT2D eigenvalue weighted by Gasteiger charge is 2.46. The minimum atomic E-state index is 0.000635. The van der Waals surface area contributed by atoms with Crippen LogP contribution in [0.2, 0.25) is 0 Å². The second-order valence-corrected chi connectivity index (χ2v) is 9.51. The third kappa shape index (κ3) is 3.84. The van der Waals surface area contributed by atoms with Gasteiger partial charge in [-0.05, 0) is 42.7 Å². The molecule has 36 heavy (non-hydrogen) atoms. The summed E-state index contributed by atoms with van der Waals surface area (Å²) >= 11 is 0. The van der Waals surface area contributed by atoms with Crippen molar-refractivity contribution < 1.29 is 14.1 Å². The maximum atomic E-state index is 13.0. The Hall–Kier alpha value is -4.01. The Labute approximate surface area is 209 Å². The Morgan fingerprint density at radius 2 is 2.00 bits per heavy atom. The van der Waals surface area contributed by atoms with Gasteiger partial charge >= 0.3 is 0 Å².